The molecule has 0 spiro atoms. The van der Waals surface area contributed by atoms with Crippen molar-refractivity contribution in [3.63, 3.8) is 0 Å². The molecule has 1 N–H and O–H groups in total. The van der Waals surface area contributed by atoms with E-state index in [4.69, 9.17) is 4.74 Å². The largest absolute Gasteiger partial charge is 0.457 e. The summed E-state index contributed by atoms with van der Waals surface area (Å²) in [5.74, 6) is 1.99. The zero-order chi connectivity index (χ0) is 21.5. The van der Waals surface area contributed by atoms with E-state index < -0.39 is 0 Å². The highest BCUT2D eigenvalue weighted by molar-refractivity contribution is 6.08. The van der Waals surface area contributed by atoms with Crippen LogP contribution in [-0.2, 0) is 0 Å². The van der Waals surface area contributed by atoms with E-state index in [1.807, 2.05) is 109 Å². The minimum Gasteiger partial charge on any atom is -0.457 e. The maximum atomic E-state index is 12.6. The molecule has 0 heterocycles. The summed E-state index contributed by atoms with van der Waals surface area (Å²) >= 11 is 0. The quantitative estimate of drug-likeness (QED) is 0.322. The third kappa shape index (κ3) is 5.40. The number of ether oxygens (including phenoxy) is 1. The molecule has 0 amide bonds. The van der Waals surface area contributed by atoms with Crippen molar-refractivity contribution < 1.29 is 9.53 Å². The average molecular weight is 408 g/mol. The van der Waals surface area contributed by atoms with Gasteiger partial charge in [-0.15, -0.1) is 0 Å². The summed E-state index contributed by atoms with van der Waals surface area (Å²) in [6, 6.07) is 35.0. The maximum absolute atomic E-state index is 12.6. The lowest BCUT2D eigenvalue weighted by atomic mass is 9.97. The van der Waals surface area contributed by atoms with Crippen LogP contribution < -0.4 is 10.1 Å². The van der Waals surface area contributed by atoms with E-state index in [9.17, 15) is 4.79 Å². The molecule has 0 bridgehead atoms. The van der Waals surface area contributed by atoms with Crippen LogP contribution in [0.2, 0.25) is 0 Å². The molecule has 1 unspecified atom stereocenters. The lowest BCUT2D eigenvalue weighted by Crippen LogP contribution is -2.10. The lowest BCUT2D eigenvalue weighted by molar-refractivity contribution is 0.103. The normalized spacial score (nSPS) is 11.5. The van der Waals surface area contributed by atoms with Gasteiger partial charge < -0.3 is 10.1 Å². The molecule has 0 aliphatic heterocycles. The Balaban J connectivity index is 1.32. The first-order chi connectivity index (χ1) is 15.2. The summed E-state index contributed by atoms with van der Waals surface area (Å²) in [7, 11) is 0. The number of rotatable bonds is 8. The molecule has 0 aliphatic rings. The van der Waals surface area contributed by atoms with Gasteiger partial charge >= 0.3 is 0 Å². The van der Waals surface area contributed by atoms with Crippen LogP contribution in [0.4, 0.5) is 5.69 Å². The Bertz CT molecular complexity index is 1110. The smallest absolute Gasteiger partial charge is 0.193 e. The fourth-order valence-electron chi connectivity index (χ4n) is 3.37. The van der Waals surface area contributed by atoms with Gasteiger partial charge in [0.15, 0.2) is 5.78 Å². The molecule has 0 fully saturated rings. The highest BCUT2D eigenvalue weighted by Gasteiger charge is 2.10. The average Bonchev–Trinajstić information content (AvgIpc) is 2.84. The Kier molecular flexibility index (Phi) is 6.44. The molecule has 4 rings (SSSR count). The predicted octanol–water partition coefficient (Wildman–Crippen LogP) is 6.93. The summed E-state index contributed by atoms with van der Waals surface area (Å²) in [6.07, 6.45) is 0. The van der Waals surface area contributed by atoms with Gasteiger partial charge in [0.2, 0.25) is 0 Å². The van der Waals surface area contributed by atoms with E-state index >= 15 is 0 Å². The third-order valence-corrected chi connectivity index (χ3v) is 5.22. The van der Waals surface area contributed by atoms with E-state index in [0.29, 0.717) is 17.0 Å². The number of benzene rings is 4. The summed E-state index contributed by atoms with van der Waals surface area (Å²) in [5.41, 5.74) is 3.66. The summed E-state index contributed by atoms with van der Waals surface area (Å²) in [5, 5.41) is 3.47. The second-order valence-corrected chi connectivity index (χ2v) is 7.54. The summed E-state index contributed by atoms with van der Waals surface area (Å²) < 4.78 is 5.84. The fraction of sp³-hybridized carbons (Fsp3) is 0.107. The number of para-hydroxylation sites is 1. The van der Waals surface area contributed by atoms with Crippen LogP contribution in [0.25, 0.3) is 0 Å². The van der Waals surface area contributed by atoms with Gasteiger partial charge in [0.1, 0.15) is 11.5 Å². The van der Waals surface area contributed by atoms with Crippen LogP contribution >= 0.6 is 0 Å². The van der Waals surface area contributed by atoms with E-state index in [0.717, 1.165) is 23.7 Å². The Labute approximate surface area is 183 Å². The second kappa shape index (κ2) is 9.77. The van der Waals surface area contributed by atoms with Crippen molar-refractivity contribution >= 4 is 11.5 Å². The number of ketones is 1. The van der Waals surface area contributed by atoms with Crippen LogP contribution in [0, 0.1) is 0 Å². The molecule has 31 heavy (non-hydrogen) atoms. The van der Waals surface area contributed by atoms with Crippen LogP contribution in [0.15, 0.2) is 109 Å². The SMILES string of the molecule is CC(CNc1ccc(Oc2ccccc2)cc1)c1ccc(C(=O)c2ccccc2)cc1. The molecule has 3 heteroatoms. The van der Waals surface area contributed by atoms with Gasteiger partial charge in [-0.1, -0.05) is 79.7 Å². The van der Waals surface area contributed by atoms with Crippen molar-refractivity contribution in [2.75, 3.05) is 11.9 Å². The standard InChI is InChI=1S/C28H25NO2/c1-21(22-12-14-24(15-13-22)28(30)23-8-4-2-5-9-23)20-29-25-16-18-27(19-17-25)31-26-10-6-3-7-11-26/h2-19,21,29H,20H2,1H3. The molecular formula is C28H25NO2. The molecular weight excluding hydrogens is 382 g/mol. The lowest BCUT2D eigenvalue weighted by Gasteiger charge is -2.15. The summed E-state index contributed by atoms with van der Waals surface area (Å²) in [6.45, 7) is 2.97. The van der Waals surface area contributed by atoms with E-state index in [1.54, 1.807) is 0 Å². The maximum Gasteiger partial charge on any atom is 0.193 e. The Morgan fingerprint density at radius 2 is 1.26 bits per heavy atom. The predicted molar refractivity (Wildman–Crippen MR) is 126 cm³/mol. The zero-order valence-electron chi connectivity index (χ0n) is 17.5. The van der Waals surface area contributed by atoms with E-state index in [2.05, 4.69) is 12.2 Å². The Morgan fingerprint density at radius 1 is 0.710 bits per heavy atom. The van der Waals surface area contributed by atoms with Gasteiger partial charge in [0.25, 0.3) is 0 Å². The van der Waals surface area contributed by atoms with Crippen molar-refractivity contribution in [1.82, 2.24) is 0 Å². The molecule has 0 aliphatic carbocycles. The molecule has 4 aromatic carbocycles. The van der Waals surface area contributed by atoms with Gasteiger partial charge in [0.05, 0.1) is 0 Å². The fourth-order valence-corrected chi connectivity index (χ4v) is 3.37. The molecule has 154 valence electrons. The molecule has 0 radical (unpaired) electrons. The topological polar surface area (TPSA) is 38.3 Å². The van der Waals surface area contributed by atoms with Crippen LogP contribution in [0.1, 0.15) is 34.3 Å². The highest BCUT2D eigenvalue weighted by atomic mass is 16.5. The van der Waals surface area contributed by atoms with Crippen molar-refractivity contribution in [1.29, 1.82) is 0 Å². The highest BCUT2D eigenvalue weighted by Crippen LogP contribution is 2.24. The molecule has 0 saturated carbocycles. The number of hydrogen-bond donors (Lipinski definition) is 1. The Morgan fingerprint density at radius 3 is 1.90 bits per heavy atom. The van der Waals surface area contributed by atoms with Crippen molar-refractivity contribution in [3.8, 4) is 11.5 Å². The second-order valence-electron chi connectivity index (χ2n) is 7.54. The first kappa shape index (κ1) is 20.4. The van der Waals surface area contributed by atoms with Crippen LogP contribution in [0.3, 0.4) is 0 Å². The third-order valence-electron chi connectivity index (χ3n) is 5.22. The van der Waals surface area contributed by atoms with Crippen LogP contribution in [0.5, 0.6) is 11.5 Å². The molecule has 0 saturated heterocycles. The molecule has 3 nitrogen and oxygen atoms in total. The van der Waals surface area contributed by atoms with E-state index in [1.165, 1.54) is 5.56 Å². The minimum absolute atomic E-state index is 0.0516. The minimum atomic E-state index is 0.0516. The number of carbonyl (C=O) groups is 1. The molecule has 4 aromatic rings. The van der Waals surface area contributed by atoms with Crippen molar-refractivity contribution in [2.45, 2.75) is 12.8 Å². The monoisotopic (exact) mass is 407 g/mol. The number of anilines is 1. The first-order valence-corrected chi connectivity index (χ1v) is 10.5. The van der Waals surface area contributed by atoms with Gasteiger partial charge in [-0.25, -0.2) is 0 Å². The number of carbonyl (C=O) groups excluding carboxylic acids is 1. The van der Waals surface area contributed by atoms with Gasteiger partial charge in [0, 0.05) is 23.4 Å². The van der Waals surface area contributed by atoms with Crippen LogP contribution in [-0.4, -0.2) is 12.3 Å². The number of hydrogen-bond acceptors (Lipinski definition) is 3. The number of nitrogens with one attached hydrogen (secondary N) is 1. The van der Waals surface area contributed by atoms with Crippen molar-refractivity contribution in [3.05, 3.63) is 126 Å². The summed E-state index contributed by atoms with van der Waals surface area (Å²) in [4.78, 5) is 12.6. The van der Waals surface area contributed by atoms with Gasteiger partial charge in [-0.2, -0.15) is 0 Å². The van der Waals surface area contributed by atoms with Gasteiger partial charge in [-0.3, -0.25) is 4.79 Å². The molecule has 0 aromatic heterocycles. The van der Waals surface area contributed by atoms with E-state index in [-0.39, 0.29) is 5.78 Å². The van der Waals surface area contributed by atoms with Gasteiger partial charge in [-0.05, 0) is 47.9 Å². The molecule has 1 atom stereocenters. The van der Waals surface area contributed by atoms with Crippen molar-refractivity contribution in [2.24, 2.45) is 0 Å². The zero-order valence-corrected chi connectivity index (χ0v) is 17.5. The first-order valence-electron chi connectivity index (χ1n) is 10.5. The Hall–Kier alpha value is -3.85.